The fraction of sp³-hybridized carbons (Fsp3) is 0.188. The average Bonchev–Trinajstić information content (AvgIpc) is 2.48. The van der Waals surface area contributed by atoms with E-state index in [1.54, 1.807) is 19.2 Å². The van der Waals surface area contributed by atoms with E-state index in [-0.39, 0.29) is 11.7 Å². The van der Waals surface area contributed by atoms with Crippen LogP contribution in [-0.4, -0.2) is 19.0 Å². The number of carbonyl (C=O) groups is 1. The lowest BCUT2D eigenvalue weighted by atomic mass is 9.97. The highest BCUT2D eigenvalue weighted by atomic mass is 35.5. The second-order valence-corrected chi connectivity index (χ2v) is 5.56. The zero-order valence-corrected chi connectivity index (χ0v) is 12.6. The first-order chi connectivity index (χ1) is 10.5. The number of ether oxygens (including phenoxy) is 1. The normalized spacial score (nSPS) is 17.4. The molecule has 0 saturated heterocycles. The molecule has 1 aliphatic rings. The number of anilines is 1. The average molecular weight is 321 g/mol. The van der Waals surface area contributed by atoms with E-state index in [9.17, 15) is 9.18 Å². The smallest absolute Gasteiger partial charge is 0.244 e. The predicted octanol–water partition coefficient (Wildman–Crippen LogP) is 3.12. The molecule has 4 nitrogen and oxygen atoms in total. The first kappa shape index (κ1) is 14.8. The van der Waals surface area contributed by atoms with Crippen molar-refractivity contribution in [2.75, 3.05) is 11.9 Å². The summed E-state index contributed by atoms with van der Waals surface area (Å²) in [5.41, 5.74) is 7.36. The van der Waals surface area contributed by atoms with Crippen molar-refractivity contribution >= 4 is 23.2 Å². The Kier molecular flexibility index (Phi) is 3.76. The summed E-state index contributed by atoms with van der Waals surface area (Å²) in [5.74, 6) is 0.00285. The van der Waals surface area contributed by atoms with Gasteiger partial charge in [0, 0.05) is 13.1 Å². The number of para-hydroxylation sites is 1. The van der Waals surface area contributed by atoms with Crippen LogP contribution in [0.5, 0.6) is 11.5 Å². The minimum atomic E-state index is -0.564. The van der Waals surface area contributed by atoms with E-state index < -0.39 is 11.9 Å². The molecule has 0 unspecified atom stereocenters. The van der Waals surface area contributed by atoms with E-state index in [2.05, 4.69) is 0 Å². The maximum Gasteiger partial charge on any atom is 0.244 e. The van der Waals surface area contributed by atoms with Crippen LogP contribution in [0, 0.1) is 5.82 Å². The molecule has 0 bridgehead atoms. The maximum absolute atomic E-state index is 13.4. The Morgan fingerprint density at radius 1 is 1.32 bits per heavy atom. The van der Waals surface area contributed by atoms with Gasteiger partial charge < -0.3 is 15.4 Å². The second kappa shape index (κ2) is 5.59. The van der Waals surface area contributed by atoms with Crippen LogP contribution < -0.4 is 15.4 Å². The molecule has 0 radical (unpaired) electrons. The lowest BCUT2D eigenvalue weighted by Crippen LogP contribution is -2.47. The lowest BCUT2D eigenvalue weighted by Gasteiger charge is -2.31. The van der Waals surface area contributed by atoms with Gasteiger partial charge >= 0.3 is 0 Å². The van der Waals surface area contributed by atoms with E-state index in [0.29, 0.717) is 22.9 Å². The van der Waals surface area contributed by atoms with Crippen LogP contribution >= 0.6 is 11.6 Å². The van der Waals surface area contributed by atoms with Crippen molar-refractivity contribution < 1.29 is 13.9 Å². The minimum Gasteiger partial charge on any atom is -0.453 e. The van der Waals surface area contributed by atoms with Crippen molar-refractivity contribution in [3.63, 3.8) is 0 Å². The summed E-state index contributed by atoms with van der Waals surface area (Å²) >= 11 is 6.03. The number of rotatable bonds is 2. The molecular formula is C16H14ClFN2O2. The van der Waals surface area contributed by atoms with Crippen LogP contribution in [0.3, 0.4) is 0 Å². The molecule has 6 heteroatoms. The monoisotopic (exact) mass is 320 g/mol. The lowest BCUT2D eigenvalue weighted by molar-refractivity contribution is -0.119. The molecule has 22 heavy (non-hydrogen) atoms. The molecule has 0 fully saturated rings. The molecule has 3 rings (SSSR count). The first-order valence-corrected chi connectivity index (χ1v) is 7.13. The molecule has 0 aliphatic carbocycles. The highest BCUT2D eigenvalue weighted by Crippen LogP contribution is 2.39. The fourth-order valence-electron chi connectivity index (χ4n) is 2.55. The number of nitrogens with zero attached hydrogens (tertiary/aromatic N) is 1. The summed E-state index contributed by atoms with van der Waals surface area (Å²) in [7, 11) is 1.64. The molecule has 1 heterocycles. The highest BCUT2D eigenvalue weighted by Gasteiger charge is 2.30. The summed E-state index contributed by atoms with van der Waals surface area (Å²) in [4.78, 5) is 13.5. The molecule has 0 saturated carbocycles. The van der Waals surface area contributed by atoms with Crippen LogP contribution in [0.2, 0.25) is 5.02 Å². The molecule has 2 N–H and O–H groups in total. The first-order valence-electron chi connectivity index (χ1n) is 6.75. The van der Waals surface area contributed by atoms with Crippen LogP contribution in [-0.2, 0) is 11.2 Å². The van der Waals surface area contributed by atoms with E-state index in [4.69, 9.17) is 22.1 Å². The summed E-state index contributed by atoms with van der Waals surface area (Å²) in [5, 5.41) is 0.292. The summed E-state index contributed by atoms with van der Waals surface area (Å²) in [6, 6.07) is 8.72. The topological polar surface area (TPSA) is 55.6 Å². The molecule has 2 aromatic rings. The highest BCUT2D eigenvalue weighted by molar-refractivity contribution is 6.32. The SMILES string of the molecule is CN1C(=O)[C@H](N)Cc2cccc(Oc3cc(F)ccc3Cl)c21. The van der Waals surface area contributed by atoms with Gasteiger partial charge in [0.05, 0.1) is 16.8 Å². The number of fused-ring (bicyclic) bond motifs is 1. The van der Waals surface area contributed by atoms with Gasteiger partial charge in [-0.25, -0.2) is 4.39 Å². The maximum atomic E-state index is 13.4. The summed E-state index contributed by atoms with van der Waals surface area (Å²) in [6.07, 6.45) is 0.437. The van der Waals surface area contributed by atoms with Crippen molar-refractivity contribution in [2.24, 2.45) is 5.73 Å². The van der Waals surface area contributed by atoms with Crippen molar-refractivity contribution in [3.8, 4) is 11.5 Å². The van der Waals surface area contributed by atoms with Crippen molar-refractivity contribution in [3.05, 3.63) is 52.8 Å². The number of benzene rings is 2. The molecule has 0 aromatic heterocycles. The molecule has 2 aromatic carbocycles. The summed E-state index contributed by atoms with van der Waals surface area (Å²) in [6.45, 7) is 0. The van der Waals surface area contributed by atoms with Gasteiger partial charge in [0.15, 0.2) is 5.75 Å². The molecule has 1 atom stereocenters. The third-order valence-corrected chi connectivity index (χ3v) is 3.93. The predicted molar refractivity (Wildman–Crippen MR) is 83.0 cm³/mol. The number of hydrogen-bond donors (Lipinski definition) is 1. The van der Waals surface area contributed by atoms with Gasteiger partial charge in [-0.05, 0) is 30.2 Å². The molecular weight excluding hydrogens is 307 g/mol. The molecule has 1 amide bonds. The largest absolute Gasteiger partial charge is 0.453 e. The molecule has 1 aliphatic heterocycles. The zero-order valence-electron chi connectivity index (χ0n) is 11.8. The van der Waals surface area contributed by atoms with Gasteiger partial charge in [-0.15, -0.1) is 0 Å². The standard InChI is InChI=1S/C16H14ClFN2O2/c1-20-15-9(7-12(19)16(20)21)3-2-4-13(15)22-14-8-10(18)5-6-11(14)17/h2-6,8,12H,7,19H2,1H3/t12-/m1/s1. The number of halogens is 2. The van der Waals surface area contributed by atoms with Crippen LogP contribution in [0.4, 0.5) is 10.1 Å². The molecule has 0 spiro atoms. The zero-order chi connectivity index (χ0) is 15.9. The van der Waals surface area contributed by atoms with E-state index in [0.717, 1.165) is 5.56 Å². The van der Waals surface area contributed by atoms with Crippen molar-refractivity contribution in [1.82, 2.24) is 0 Å². The van der Waals surface area contributed by atoms with Crippen LogP contribution in [0.15, 0.2) is 36.4 Å². The van der Waals surface area contributed by atoms with Gasteiger partial charge in [0.25, 0.3) is 0 Å². The Labute approximate surface area is 132 Å². The summed E-state index contributed by atoms with van der Waals surface area (Å²) < 4.78 is 19.1. The number of likely N-dealkylation sites (N-methyl/N-ethyl adjacent to an activating group) is 1. The van der Waals surface area contributed by atoms with Crippen LogP contribution in [0.25, 0.3) is 0 Å². The van der Waals surface area contributed by atoms with Crippen LogP contribution in [0.1, 0.15) is 5.56 Å². The minimum absolute atomic E-state index is 0.186. The fourth-order valence-corrected chi connectivity index (χ4v) is 2.71. The number of nitrogens with two attached hydrogens (primary N) is 1. The molecule has 114 valence electrons. The van der Waals surface area contributed by atoms with Crippen molar-refractivity contribution in [2.45, 2.75) is 12.5 Å². The third-order valence-electron chi connectivity index (χ3n) is 3.62. The van der Waals surface area contributed by atoms with E-state index >= 15 is 0 Å². The number of hydrogen-bond acceptors (Lipinski definition) is 3. The number of amides is 1. The Morgan fingerprint density at radius 2 is 2.09 bits per heavy atom. The van der Waals surface area contributed by atoms with Gasteiger partial charge in [0.1, 0.15) is 11.6 Å². The second-order valence-electron chi connectivity index (χ2n) is 5.15. The Bertz CT molecular complexity index is 751. The Morgan fingerprint density at radius 3 is 2.86 bits per heavy atom. The van der Waals surface area contributed by atoms with E-state index in [1.165, 1.54) is 23.1 Å². The van der Waals surface area contributed by atoms with Gasteiger partial charge in [-0.1, -0.05) is 23.7 Å². The van der Waals surface area contributed by atoms with E-state index in [1.807, 2.05) is 6.07 Å². The Balaban J connectivity index is 2.04. The number of carbonyl (C=O) groups excluding carboxylic acids is 1. The van der Waals surface area contributed by atoms with Crippen molar-refractivity contribution in [1.29, 1.82) is 0 Å². The quantitative estimate of drug-likeness (QED) is 0.925. The van der Waals surface area contributed by atoms with Gasteiger partial charge in [-0.3, -0.25) is 4.79 Å². The van der Waals surface area contributed by atoms with Gasteiger partial charge in [0.2, 0.25) is 5.91 Å². The van der Waals surface area contributed by atoms with Gasteiger partial charge in [-0.2, -0.15) is 0 Å². The Hall–Kier alpha value is -2.11. The third kappa shape index (κ3) is 2.53.